The fourth-order valence-electron chi connectivity index (χ4n) is 0.882. The lowest BCUT2D eigenvalue weighted by Gasteiger charge is -2.03. The zero-order chi connectivity index (χ0) is 13.3. The predicted octanol–water partition coefficient (Wildman–Crippen LogP) is 0.730. The van der Waals surface area contributed by atoms with Gasteiger partial charge in [0.1, 0.15) is 23.3 Å². The monoisotopic (exact) mass is 235 g/mol. The van der Waals surface area contributed by atoms with Crippen LogP contribution in [-0.4, -0.2) is 19.2 Å². The summed E-state index contributed by atoms with van der Waals surface area (Å²) >= 11 is 0. The van der Waals surface area contributed by atoms with Crippen molar-refractivity contribution in [1.29, 1.82) is 10.5 Å². The second kappa shape index (κ2) is 7.77. The van der Waals surface area contributed by atoms with Crippen molar-refractivity contribution < 1.29 is 14.3 Å². The Morgan fingerprint density at radius 3 is 2.24 bits per heavy atom. The zero-order valence-electron chi connectivity index (χ0n) is 9.69. The molecular formula is C11H13N3O3. The van der Waals surface area contributed by atoms with E-state index in [9.17, 15) is 4.79 Å². The standard InChI is InChI=1S/C11H13N3O3/c1-3-16-10(14)8(6-12)5-9(7-13)11(15)17-4-2/h5H,3-4,14H2,1-2H3/b9-5+,10-8-. The first kappa shape index (κ1) is 14.5. The van der Waals surface area contributed by atoms with Crippen LogP contribution in [0.15, 0.2) is 23.1 Å². The Morgan fingerprint density at radius 1 is 1.24 bits per heavy atom. The lowest BCUT2D eigenvalue weighted by Crippen LogP contribution is -2.09. The SMILES string of the molecule is CCOC(=O)/C(C#N)=C/C(C#N)=C(\N)OCC. The lowest BCUT2D eigenvalue weighted by atomic mass is 10.2. The van der Waals surface area contributed by atoms with Crippen LogP contribution in [0.3, 0.4) is 0 Å². The minimum absolute atomic E-state index is 0.0866. The maximum absolute atomic E-state index is 11.3. The fraction of sp³-hybridized carbons (Fsp3) is 0.364. The molecule has 6 heteroatoms. The van der Waals surface area contributed by atoms with Crippen molar-refractivity contribution in [2.24, 2.45) is 5.73 Å². The second-order valence-electron chi connectivity index (χ2n) is 2.71. The van der Waals surface area contributed by atoms with Gasteiger partial charge in [0, 0.05) is 0 Å². The lowest BCUT2D eigenvalue weighted by molar-refractivity contribution is -0.138. The summed E-state index contributed by atoms with van der Waals surface area (Å²) in [4.78, 5) is 11.3. The normalized spacial score (nSPS) is 11.9. The predicted molar refractivity (Wildman–Crippen MR) is 58.8 cm³/mol. The Bertz CT molecular complexity index is 424. The van der Waals surface area contributed by atoms with Crippen LogP contribution in [0.5, 0.6) is 0 Å². The van der Waals surface area contributed by atoms with Crippen molar-refractivity contribution in [3.05, 3.63) is 23.1 Å². The molecule has 0 aliphatic carbocycles. The second-order valence-corrected chi connectivity index (χ2v) is 2.71. The smallest absolute Gasteiger partial charge is 0.348 e. The first-order chi connectivity index (χ1) is 8.10. The topological polar surface area (TPSA) is 109 Å². The molecule has 0 aromatic carbocycles. The molecule has 0 bridgehead atoms. The molecule has 0 radical (unpaired) electrons. The number of hydrogen-bond acceptors (Lipinski definition) is 6. The van der Waals surface area contributed by atoms with E-state index in [1.807, 2.05) is 0 Å². The van der Waals surface area contributed by atoms with Gasteiger partial charge in [-0.15, -0.1) is 0 Å². The van der Waals surface area contributed by atoms with Crippen molar-refractivity contribution in [3.63, 3.8) is 0 Å². The van der Waals surface area contributed by atoms with Crippen LogP contribution in [0.2, 0.25) is 0 Å². The van der Waals surface area contributed by atoms with Crippen molar-refractivity contribution in [3.8, 4) is 12.1 Å². The van der Waals surface area contributed by atoms with Gasteiger partial charge in [-0.05, 0) is 19.9 Å². The molecule has 0 aromatic heterocycles. The molecule has 6 nitrogen and oxygen atoms in total. The van der Waals surface area contributed by atoms with Crippen LogP contribution in [0, 0.1) is 22.7 Å². The highest BCUT2D eigenvalue weighted by molar-refractivity contribution is 5.93. The van der Waals surface area contributed by atoms with Gasteiger partial charge in [0.05, 0.1) is 13.2 Å². The molecule has 0 saturated heterocycles. The molecule has 2 N–H and O–H groups in total. The zero-order valence-corrected chi connectivity index (χ0v) is 9.69. The highest BCUT2D eigenvalue weighted by Crippen LogP contribution is 2.07. The highest BCUT2D eigenvalue weighted by Gasteiger charge is 2.12. The number of rotatable bonds is 5. The van der Waals surface area contributed by atoms with E-state index in [1.165, 1.54) is 0 Å². The molecule has 0 aliphatic heterocycles. The molecular weight excluding hydrogens is 222 g/mol. The first-order valence-electron chi connectivity index (χ1n) is 4.92. The highest BCUT2D eigenvalue weighted by atomic mass is 16.5. The average molecular weight is 235 g/mol. The number of ether oxygens (including phenoxy) is 2. The Kier molecular flexibility index (Phi) is 6.64. The third-order valence-corrected chi connectivity index (χ3v) is 1.59. The molecule has 0 saturated carbocycles. The van der Waals surface area contributed by atoms with Crippen molar-refractivity contribution in [2.75, 3.05) is 13.2 Å². The summed E-state index contributed by atoms with van der Waals surface area (Å²) in [6.45, 7) is 3.74. The van der Waals surface area contributed by atoms with E-state index in [0.717, 1.165) is 6.08 Å². The molecule has 0 atom stereocenters. The first-order valence-corrected chi connectivity index (χ1v) is 4.92. The minimum atomic E-state index is -0.799. The number of carbonyl (C=O) groups is 1. The summed E-state index contributed by atoms with van der Waals surface area (Å²) in [5.41, 5.74) is 5.06. The maximum Gasteiger partial charge on any atom is 0.348 e. The summed E-state index contributed by atoms with van der Waals surface area (Å²) in [5.74, 6) is -0.931. The summed E-state index contributed by atoms with van der Waals surface area (Å²) in [7, 11) is 0. The Labute approximate surface area is 99.5 Å². The summed E-state index contributed by atoms with van der Waals surface area (Å²) in [6.07, 6.45) is 1.04. The molecule has 0 fully saturated rings. The molecule has 0 amide bonds. The van der Waals surface area contributed by atoms with Crippen LogP contribution in [0.1, 0.15) is 13.8 Å². The minimum Gasteiger partial charge on any atom is -0.479 e. The average Bonchev–Trinajstić information content (AvgIpc) is 2.31. The van der Waals surface area contributed by atoms with Gasteiger partial charge in [0.25, 0.3) is 0 Å². The van der Waals surface area contributed by atoms with E-state index >= 15 is 0 Å². The molecule has 0 heterocycles. The van der Waals surface area contributed by atoms with Gasteiger partial charge in [0.15, 0.2) is 0 Å². The summed E-state index contributed by atoms with van der Waals surface area (Å²) < 4.78 is 9.55. The molecule has 0 aromatic rings. The Balaban J connectivity index is 5.20. The Hall–Kier alpha value is -2.47. The molecule has 0 unspecified atom stereocenters. The van der Waals surface area contributed by atoms with Crippen LogP contribution >= 0.6 is 0 Å². The maximum atomic E-state index is 11.3. The van der Waals surface area contributed by atoms with Crippen molar-refractivity contribution in [2.45, 2.75) is 13.8 Å². The quantitative estimate of drug-likeness (QED) is 0.247. The molecule has 17 heavy (non-hydrogen) atoms. The van der Waals surface area contributed by atoms with Gasteiger partial charge >= 0.3 is 5.97 Å². The van der Waals surface area contributed by atoms with E-state index < -0.39 is 5.97 Å². The third kappa shape index (κ3) is 4.72. The number of carbonyl (C=O) groups excluding carboxylic acids is 1. The van der Waals surface area contributed by atoms with Gasteiger partial charge in [-0.2, -0.15) is 10.5 Å². The van der Waals surface area contributed by atoms with Gasteiger partial charge in [-0.25, -0.2) is 4.79 Å². The fourth-order valence-corrected chi connectivity index (χ4v) is 0.882. The van der Waals surface area contributed by atoms with E-state index in [0.29, 0.717) is 0 Å². The third-order valence-electron chi connectivity index (χ3n) is 1.59. The summed E-state index contributed by atoms with van der Waals surface area (Å²) in [6, 6.07) is 3.38. The number of esters is 1. The van der Waals surface area contributed by atoms with Crippen molar-refractivity contribution in [1.82, 2.24) is 0 Å². The molecule has 90 valence electrons. The molecule has 0 rings (SSSR count). The largest absolute Gasteiger partial charge is 0.479 e. The van der Waals surface area contributed by atoms with E-state index in [4.69, 9.17) is 21.0 Å². The van der Waals surface area contributed by atoms with Crippen LogP contribution in [0.4, 0.5) is 0 Å². The van der Waals surface area contributed by atoms with Gasteiger partial charge in [0.2, 0.25) is 5.88 Å². The number of hydrogen-bond donors (Lipinski definition) is 1. The van der Waals surface area contributed by atoms with Crippen LogP contribution < -0.4 is 5.73 Å². The van der Waals surface area contributed by atoms with Gasteiger partial charge in [-0.3, -0.25) is 0 Å². The van der Waals surface area contributed by atoms with Gasteiger partial charge < -0.3 is 15.2 Å². The number of nitrogens with zero attached hydrogens (tertiary/aromatic N) is 2. The number of allylic oxidation sites excluding steroid dienone is 2. The molecule has 0 aliphatic rings. The number of nitriles is 2. The van der Waals surface area contributed by atoms with Crippen LogP contribution in [0.25, 0.3) is 0 Å². The van der Waals surface area contributed by atoms with E-state index in [2.05, 4.69) is 4.74 Å². The number of nitrogens with two attached hydrogens (primary N) is 1. The van der Waals surface area contributed by atoms with Crippen molar-refractivity contribution >= 4 is 5.97 Å². The van der Waals surface area contributed by atoms with Gasteiger partial charge in [-0.1, -0.05) is 0 Å². The molecule has 0 spiro atoms. The Morgan fingerprint density at radius 2 is 1.82 bits per heavy atom. The van der Waals surface area contributed by atoms with E-state index in [1.54, 1.807) is 26.0 Å². The van der Waals surface area contributed by atoms with Crippen LogP contribution in [-0.2, 0) is 14.3 Å². The van der Waals surface area contributed by atoms with E-state index in [-0.39, 0.29) is 30.2 Å². The summed E-state index contributed by atoms with van der Waals surface area (Å²) in [5, 5.41) is 17.6.